The number of piperidine rings is 1. The molecule has 30 heavy (non-hydrogen) atoms. The molecule has 1 fully saturated rings. The third-order valence-electron chi connectivity index (χ3n) is 4.99. The van der Waals surface area contributed by atoms with Gasteiger partial charge < -0.3 is 19.5 Å². The van der Waals surface area contributed by atoms with Crippen molar-refractivity contribution in [2.24, 2.45) is 0 Å². The van der Waals surface area contributed by atoms with E-state index in [9.17, 15) is 9.90 Å². The predicted molar refractivity (Wildman–Crippen MR) is 120 cm³/mol. The predicted octanol–water partition coefficient (Wildman–Crippen LogP) is 5.72. The highest BCUT2D eigenvalue weighted by Gasteiger charge is 2.38. The number of likely N-dealkylation sites (tertiary alicyclic amines) is 1. The van der Waals surface area contributed by atoms with Gasteiger partial charge in [0, 0.05) is 22.9 Å². The molecule has 5 nitrogen and oxygen atoms in total. The summed E-state index contributed by atoms with van der Waals surface area (Å²) in [6.45, 7) is 6.43. The molecular formula is C23H28ClNO4S. The van der Waals surface area contributed by atoms with Crippen LogP contribution < -0.4 is 4.74 Å². The highest BCUT2D eigenvalue weighted by molar-refractivity contribution is 7.99. The summed E-state index contributed by atoms with van der Waals surface area (Å²) in [6.07, 6.45) is 0.553. The number of methoxy groups -OCH3 is 1. The highest BCUT2D eigenvalue weighted by Crippen LogP contribution is 2.43. The summed E-state index contributed by atoms with van der Waals surface area (Å²) in [6, 6.07) is 13.4. The monoisotopic (exact) mass is 449 g/mol. The van der Waals surface area contributed by atoms with Crippen molar-refractivity contribution >= 4 is 29.5 Å². The molecule has 0 spiro atoms. The molecule has 1 aliphatic rings. The van der Waals surface area contributed by atoms with Crippen LogP contribution >= 0.6 is 23.4 Å². The van der Waals surface area contributed by atoms with Gasteiger partial charge in [-0.2, -0.15) is 0 Å². The molecule has 1 heterocycles. The van der Waals surface area contributed by atoms with E-state index in [1.54, 1.807) is 18.1 Å². The summed E-state index contributed by atoms with van der Waals surface area (Å²) in [4.78, 5) is 15.8. The molecule has 0 bridgehead atoms. The summed E-state index contributed by atoms with van der Waals surface area (Å²) in [5.74, 6) is 0.700. The van der Waals surface area contributed by atoms with Crippen LogP contribution in [0.5, 0.6) is 5.75 Å². The van der Waals surface area contributed by atoms with E-state index >= 15 is 0 Å². The van der Waals surface area contributed by atoms with Gasteiger partial charge in [0.1, 0.15) is 11.4 Å². The number of rotatable bonds is 4. The summed E-state index contributed by atoms with van der Waals surface area (Å²) in [5.41, 5.74) is -0.696. The number of benzene rings is 2. The minimum Gasteiger partial charge on any atom is -0.497 e. The van der Waals surface area contributed by atoms with Crippen LogP contribution in [0.25, 0.3) is 0 Å². The minimum absolute atomic E-state index is 0.336. The van der Waals surface area contributed by atoms with Gasteiger partial charge in [-0.25, -0.2) is 4.79 Å². The lowest BCUT2D eigenvalue weighted by molar-refractivity contribution is -0.0371. The Labute approximate surface area is 187 Å². The van der Waals surface area contributed by atoms with Crippen molar-refractivity contribution in [1.29, 1.82) is 0 Å². The van der Waals surface area contributed by atoms with Crippen LogP contribution in [-0.2, 0) is 10.3 Å². The maximum Gasteiger partial charge on any atom is 0.410 e. The molecule has 2 aromatic carbocycles. The van der Waals surface area contributed by atoms with E-state index < -0.39 is 11.2 Å². The highest BCUT2D eigenvalue weighted by atomic mass is 35.5. The molecule has 1 amide bonds. The summed E-state index contributed by atoms with van der Waals surface area (Å²) in [7, 11) is 1.60. The topological polar surface area (TPSA) is 59.0 Å². The summed E-state index contributed by atoms with van der Waals surface area (Å²) < 4.78 is 10.7. The summed E-state index contributed by atoms with van der Waals surface area (Å²) in [5, 5.41) is 12.0. The van der Waals surface area contributed by atoms with Crippen LogP contribution in [0.15, 0.2) is 52.3 Å². The largest absolute Gasteiger partial charge is 0.497 e. The number of carbonyl (C=O) groups is 1. The zero-order valence-electron chi connectivity index (χ0n) is 17.8. The van der Waals surface area contributed by atoms with E-state index in [-0.39, 0.29) is 6.09 Å². The van der Waals surface area contributed by atoms with Gasteiger partial charge in [0.25, 0.3) is 0 Å². The second kappa shape index (κ2) is 9.08. The normalized spacial score (nSPS) is 16.3. The minimum atomic E-state index is -1.01. The molecule has 1 saturated heterocycles. The smallest absolute Gasteiger partial charge is 0.410 e. The molecule has 7 heteroatoms. The number of halogens is 1. The average Bonchev–Trinajstić information content (AvgIpc) is 2.69. The Balaban J connectivity index is 1.76. The fourth-order valence-corrected chi connectivity index (χ4v) is 4.74. The van der Waals surface area contributed by atoms with E-state index in [4.69, 9.17) is 21.1 Å². The first-order valence-electron chi connectivity index (χ1n) is 9.92. The lowest BCUT2D eigenvalue weighted by Gasteiger charge is -2.39. The number of hydrogen-bond donors (Lipinski definition) is 1. The second-order valence-corrected chi connectivity index (χ2v) is 9.88. The van der Waals surface area contributed by atoms with Crippen molar-refractivity contribution in [3.63, 3.8) is 0 Å². The zero-order valence-corrected chi connectivity index (χ0v) is 19.3. The van der Waals surface area contributed by atoms with E-state index in [1.807, 2.05) is 57.2 Å². The number of nitrogens with zero attached hydrogens (tertiary/aromatic N) is 1. The van der Waals surface area contributed by atoms with Gasteiger partial charge in [-0.15, -0.1) is 0 Å². The Bertz CT molecular complexity index is 904. The van der Waals surface area contributed by atoms with E-state index in [0.29, 0.717) is 36.7 Å². The van der Waals surface area contributed by atoms with Gasteiger partial charge in [-0.3, -0.25) is 0 Å². The molecule has 162 valence electrons. The van der Waals surface area contributed by atoms with Crippen molar-refractivity contribution < 1.29 is 19.4 Å². The average molecular weight is 450 g/mol. The Morgan fingerprint density at radius 2 is 1.80 bits per heavy atom. The van der Waals surface area contributed by atoms with Crippen molar-refractivity contribution in [3.8, 4) is 5.75 Å². The summed E-state index contributed by atoms with van der Waals surface area (Å²) >= 11 is 7.93. The molecular weight excluding hydrogens is 422 g/mol. The maximum atomic E-state index is 12.4. The Morgan fingerprint density at radius 1 is 1.13 bits per heavy atom. The Morgan fingerprint density at radius 3 is 2.40 bits per heavy atom. The van der Waals surface area contributed by atoms with Crippen molar-refractivity contribution in [2.45, 2.75) is 54.6 Å². The fraction of sp³-hybridized carbons (Fsp3) is 0.435. The molecule has 2 aromatic rings. The lowest BCUT2D eigenvalue weighted by Crippen LogP contribution is -2.47. The standard InChI is InChI=1S/C23H28ClNO4S/c1-22(2,3)29-21(26)25-13-11-23(27,12-14-25)17-7-5-6-8-19(17)30-20-10-9-16(28-4)15-18(20)24/h5-10,15,27H,11-14H2,1-4H3. The van der Waals surface area contributed by atoms with Crippen molar-refractivity contribution in [1.82, 2.24) is 4.90 Å². The molecule has 0 aromatic heterocycles. The van der Waals surface area contributed by atoms with Crippen LogP contribution in [0.2, 0.25) is 5.02 Å². The lowest BCUT2D eigenvalue weighted by atomic mass is 9.84. The number of carbonyl (C=O) groups excluding carboxylic acids is 1. The SMILES string of the molecule is COc1ccc(Sc2ccccc2C2(O)CCN(C(=O)OC(C)(C)C)CC2)c(Cl)c1. The van der Waals surface area contributed by atoms with Crippen LogP contribution in [0, 0.1) is 0 Å². The maximum absolute atomic E-state index is 12.4. The second-order valence-electron chi connectivity index (χ2n) is 8.39. The van der Waals surface area contributed by atoms with E-state index in [0.717, 1.165) is 15.4 Å². The Kier molecular flexibility index (Phi) is 6.90. The molecule has 1 aliphatic heterocycles. The first-order chi connectivity index (χ1) is 14.1. The fourth-order valence-electron chi connectivity index (χ4n) is 3.40. The third kappa shape index (κ3) is 5.42. The zero-order chi connectivity index (χ0) is 21.9. The molecule has 0 unspecified atom stereocenters. The van der Waals surface area contributed by atoms with Gasteiger partial charge in [0.05, 0.1) is 17.7 Å². The first kappa shape index (κ1) is 22.8. The van der Waals surface area contributed by atoms with Crippen molar-refractivity contribution in [2.75, 3.05) is 20.2 Å². The molecule has 1 N–H and O–H groups in total. The number of ether oxygens (including phenoxy) is 2. The molecule has 0 aliphatic carbocycles. The quantitative estimate of drug-likeness (QED) is 0.647. The Hall–Kier alpha value is -1.89. The van der Waals surface area contributed by atoms with Crippen LogP contribution in [0.3, 0.4) is 0 Å². The first-order valence-corrected chi connectivity index (χ1v) is 11.1. The number of amides is 1. The van der Waals surface area contributed by atoms with Crippen LogP contribution in [-0.4, -0.2) is 41.9 Å². The van der Waals surface area contributed by atoms with Gasteiger partial charge in [-0.1, -0.05) is 41.6 Å². The molecule has 0 atom stereocenters. The van der Waals surface area contributed by atoms with E-state index in [2.05, 4.69) is 0 Å². The molecule has 0 saturated carbocycles. The van der Waals surface area contributed by atoms with Gasteiger partial charge >= 0.3 is 6.09 Å². The number of hydrogen-bond acceptors (Lipinski definition) is 5. The van der Waals surface area contributed by atoms with Gasteiger partial charge in [0.15, 0.2) is 0 Å². The van der Waals surface area contributed by atoms with Gasteiger partial charge in [0.2, 0.25) is 0 Å². The van der Waals surface area contributed by atoms with Gasteiger partial charge in [-0.05, 0) is 63.4 Å². The molecule has 3 rings (SSSR count). The van der Waals surface area contributed by atoms with E-state index in [1.165, 1.54) is 11.8 Å². The van der Waals surface area contributed by atoms with Crippen LogP contribution in [0.4, 0.5) is 4.79 Å². The third-order valence-corrected chi connectivity index (χ3v) is 6.57. The molecule has 0 radical (unpaired) electrons. The number of aliphatic hydroxyl groups is 1. The van der Waals surface area contributed by atoms with Crippen molar-refractivity contribution in [3.05, 3.63) is 53.1 Å². The van der Waals surface area contributed by atoms with Crippen LogP contribution in [0.1, 0.15) is 39.2 Å².